The van der Waals surface area contributed by atoms with E-state index in [0.717, 1.165) is 24.0 Å². The van der Waals surface area contributed by atoms with Crippen molar-refractivity contribution in [3.8, 4) is 6.07 Å². The average molecular weight is 440 g/mol. The summed E-state index contributed by atoms with van der Waals surface area (Å²) in [6, 6.07) is 8.84. The molecule has 1 fully saturated rings. The average Bonchev–Trinajstić information content (AvgIpc) is 3.19. The SMILES string of the molecule is Cc1ccc(C[C@H](NC(=O)NC[C@@H]2CCCN2C(=O)C(C#N)=CC(C)(C)C)B(O)O)cc1. The van der Waals surface area contributed by atoms with E-state index >= 15 is 0 Å². The molecule has 0 radical (unpaired) electrons. The van der Waals surface area contributed by atoms with E-state index in [0.29, 0.717) is 6.54 Å². The molecule has 1 saturated heterocycles. The second-order valence-corrected chi connectivity index (χ2v) is 9.39. The highest BCUT2D eigenvalue weighted by molar-refractivity contribution is 6.43. The first-order chi connectivity index (χ1) is 15.0. The van der Waals surface area contributed by atoms with Crippen molar-refractivity contribution in [3.63, 3.8) is 0 Å². The lowest BCUT2D eigenvalue weighted by atomic mass is 9.76. The van der Waals surface area contributed by atoms with Crippen LogP contribution in [-0.4, -0.2) is 59.1 Å². The summed E-state index contributed by atoms with van der Waals surface area (Å²) in [5.41, 5.74) is 1.77. The normalized spacial score (nSPS) is 17.5. The topological polar surface area (TPSA) is 126 Å². The van der Waals surface area contributed by atoms with Crippen LogP contribution in [-0.2, 0) is 11.2 Å². The van der Waals surface area contributed by atoms with Crippen molar-refractivity contribution in [1.82, 2.24) is 15.5 Å². The Morgan fingerprint density at radius 2 is 1.97 bits per heavy atom. The fourth-order valence-electron chi connectivity index (χ4n) is 3.68. The van der Waals surface area contributed by atoms with Crippen LogP contribution in [0, 0.1) is 23.7 Å². The van der Waals surface area contributed by atoms with Gasteiger partial charge in [0.25, 0.3) is 5.91 Å². The van der Waals surface area contributed by atoms with Crippen LogP contribution in [0.25, 0.3) is 0 Å². The summed E-state index contributed by atoms with van der Waals surface area (Å²) >= 11 is 0. The van der Waals surface area contributed by atoms with E-state index in [-0.39, 0.29) is 35.9 Å². The maximum Gasteiger partial charge on any atom is 0.475 e. The van der Waals surface area contributed by atoms with Gasteiger partial charge in [0.1, 0.15) is 11.6 Å². The summed E-state index contributed by atoms with van der Waals surface area (Å²) in [4.78, 5) is 26.9. The molecule has 1 aliphatic rings. The van der Waals surface area contributed by atoms with Gasteiger partial charge in [-0.2, -0.15) is 5.26 Å². The van der Waals surface area contributed by atoms with Crippen LogP contribution in [0.3, 0.4) is 0 Å². The summed E-state index contributed by atoms with van der Waals surface area (Å²) in [5.74, 6) is -1.20. The Kier molecular flexibility index (Phi) is 8.87. The van der Waals surface area contributed by atoms with Crippen LogP contribution in [0.15, 0.2) is 35.9 Å². The van der Waals surface area contributed by atoms with Crippen LogP contribution in [0.5, 0.6) is 0 Å². The molecule has 172 valence electrons. The third kappa shape index (κ3) is 7.70. The summed E-state index contributed by atoms with van der Waals surface area (Å²) in [5, 5.41) is 34.1. The zero-order chi connectivity index (χ0) is 23.9. The lowest BCUT2D eigenvalue weighted by molar-refractivity contribution is -0.127. The second kappa shape index (κ2) is 11.2. The van der Waals surface area contributed by atoms with Crippen LogP contribution in [0.1, 0.15) is 44.7 Å². The number of hydrogen-bond donors (Lipinski definition) is 4. The number of allylic oxidation sites excluding steroid dienone is 1. The van der Waals surface area contributed by atoms with Crippen molar-refractivity contribution in [3.05, 3.63) is 47.0 Å². The number of nitriles is 1. The fraction of sp³-hybridized carbons (Fsp3) is 0.522. The van der Waals surface area contributed by atoms with Gasteiger partial charge in [-0.25, -0.2) is 4.79 Å². The van der Waals surface area contributed by atoms with Crippen LogP contribution in [0.2, 0.25) is 0 Å². The standard InChI is InChI=1S/C23H33BN4O4/c1-16-7-9-17(10-8-16)12-20(24(31)32)27-22(30)26-15-19-6-5-11-28(19)21(29)18(14-25)13-23(2,3)4/h7-10,13,19-20,31-32H,5-6,11-12,15H2,1-4H3,(H2,26,27,30)/t19-,20-/m0/s1. The maximum atomic E-state index is 12.8. The first-order valence-electron chi connectivity index (χ1n) is 10.9. The van der Waals surface area contributed by atoms with Crippen molar-refractivity contribution in [1.29, 1.82) is 5.26 Å². The maximum absolute atomic E-state index is 12.8. The Hall–Kier alpha value is -2.83. The first kappa shape index (κ1) is 25.4. The number of likely N-dealkylation sites (tertiary alicyclic amines) is 1. The molecule has 4 N–H and O–H groups in total. The number of carbonyl (C=O) groups excluding carboxylic acids is 2. The summed E-state index contributed by atoms with van der Waals surface area (Å²) < 4.78 is 0. The molecule has 8 nitrogen and oxygen atoms in total. The van der Waals surface area contributed by atoms with Crippen LogP contribution in [0.4, 0.5) is 4.79 Å². The molecule has 0 aliphatic carbocycles. The predicted octanol–water partition coefficient (Wildman–Crippen LogP) is 1.70. The minimum atomic E-state index is -1.72. The Bertz CT molecular complexity index is 871. The van der Waals surface area contributed by atoms with Gasteiger partial charge in [0.15, 0.2) is 0 Å². The molecule has 1 aromatic rings. The molecule has 32 heavy (non-hydrogen) atoms. The van der Waals surface area contributed by atoms with Gasteiger partial charge in [0.05, 0.1) is 5.94 Å². The van der Waals surface area contributed by atoms with Gasteiger partial charge in [-0.3, -0.25) is 4.79 Å². The Morgan fingerprint density at radius 3 is 2.53 bits per heavy atom. The smallest absolute Gasteiger partial charge is 0.426 e. The molecule has 1 aliphatic heterocycles. The van der Waals surface area contributed by atoms with Crippen molar-refractivity contribution in [2.45, 2.75) is 58.9 Å². The molecule has 2 atom stereocenters. The lowest BCUT2D eigenvalue weighted by Crippen LogP contribution is -2.53. The molecular weight excluding hydrogens is 407 g/mol. The van der Waals surface area contributed by atoms with E-state index in [4.69, 9.17) is 0 Å². The highest BCUT2D eigenvalue weighted by atomic mass is 16.4. The van der Waals surface area contributed by atoms with Gasteiger partial charge in [0.2, 0.25) is 0 Å². The second-order valence-electron chi connectivity index (χ2n) is 9.39. The molecule has 0 spiro atoms. The van der Waals surface area contributed by atoms with Crippen molar-refractivity contribution in [2.24, 2.45) is 5.41 Å². The Labute approximate surface area is 190 Å². The lowest BCUT2D eigenvalue weighted by Gasteiger charge is -2.26. The largest absolute Gasteiger partial charge is 0.475 e. The minimum Gasteiger partial charge on any atom is -0.426 e. The number of benzene rings is 1. The van der Waals surface area contributed by atoms with Gasteiger partial charge < -0.3 is 25.6 Å². The number of urea groups is 1. The van der Waals surface area contributed by atoms with Crippen molar-refractivity contribution >= 4 is 19.1 Å². The predicted molar refractivity (Wildman–Crippen MR) is 123 cm³/mol. The highest BCUT2D eigenvalue weighted by Crippen LogP contribution is 2.23. The summed E-state index contributed by atoms with van der Waals surface area (Å²) in [7, 11) is -1.72. The molecule has 1 aromatic carbocycles. The number of carbonyl (C=O) groups is 2. The molecule has 3 amide bonds. The molecule has 9 heteroatoms. The molecule has 0 saturated carbocycles. The van der Waals surface area contributed by atoms with E-state index in [9.17, 15) is 24.9 Å². The van der Waals surface area contributed by atoms with Gasteiger partial charge in [-0.15, -0.1) is 0 Å². The first-order valence-corrected chi connectivity index (χ1v) is 10.9. The van der Waals surface area contributed by atoms with Crippen LogP contribution < -0.4 is 10.6 Å². The molecule has 0 bridgehead atoms. The van der Waals surface area contributed by atoms with Gasteiger partial charge in [0, 0.05) is 19.1 Å². The molecule has 2 rings (SSSR count). The Morgan fingerprint density at radius 1 is 1.31 bits per heavy atom. The number of rotatable bonds is 7. The zero-order valence-corrected chi connectivity index (χ0v) is 19.3. The highest BCUT2D eigenvalue weighted by Gasteiger charge is 2.32. The van der Waals surface area contributed by atoms with Gasteiger partial charge in [-0.05, 0) is 37.2 Å². The van der Waals surface area contributed by atoms with E-state index in [2.05, 4.69) is 10.6 Å². The quantitative estimate of drug-likeness (QED) is 0.292. The summed E-state index contributed by atoms with van der Waals surface area (Å²) in [6.07, 6.45) is 3.45. The van der Waals surface area contributed by atoms with Crippen molar-refractivity contribution < 1.29 is 19.6 Å². The van der Waals surface area contributed by atoms with Gasteiger partial charge in [-0.1, -0.05) is 56.7 Å². The van der Waals surface area contributed by atoms with E-state index in [1.165, 1.54) is 0 Å². The van der Waals surface area contributed by atoms with Crippen molar-refractivity contribution in [2.75, 3.05) is 13.1 Å². The number of nitrogens with one attached hydrogen (secondary N) is 2. The van der Waals surface area contributed by atoms with Gasteiger partial charge >= 0.3 is 13.1 Å². The molecular formula is C23H33BN4O4. The van der Waals surface area contributed by atoms with Crippen LogP contribution >= 0.6 is 0 Å². The molecule has 0 aromatic heterocycles. The fourth-order valence-corrected chi connectivity index (χ4v) is 3.68. The number of amides is 3. The van der Waals surface area contributed by atoms with E-state index < -0.39 is 19.1 Å². The molecule has 1 heterocycles. The van der Waals surface area contributed by atoms with E-state index in [1.54, 1.807) is 11.0 Å². The number of aryl methyl sites for hydroxylation is 1. The third-order valence-electron chi connectivity index (χ3n) is 5.32. The number of hydrogen-bond acceptors (Lipinski definition) is 5. The monoisotopic (exact) mass is 440 g/mol. The minimum absolute atomic E-state index is 0.107. The summed E-state index contributed by atoms with van der Waals surface area (Å²) in [6.45, 7) is 8.48. The Balaban J connectivity index is 1.95. The molecule has 0 unspecified atom stereocenters. The third-order valence-corrected chi connectivity index (χ3v) is 5.32. The van der Waals surface area contributed by atoms with E-state index in [1.807, 2.05) is 58.0 Å². The zero-order valence-electron chi connectivity index (χ0n) is 19.3. The number of nitrogens with zero attached hydrogens (tertiary/aromatic N) is 2.